The van der Waals surface area contributed by atoms with E-state index in [1.54, 1.807) is 0 Å². The Morgan fingerprint density at radius 3 is 2.80 bits per heavy atom. The number of allylic oxidation sites excluding steroid dienone is 2. The van der Waals surface area contributed by atoms with E-state index in [9.17, 15) is 4.79 Å². The fraction of sp³-hybridized carbons (Fsp3) is 0.824. The van der Waals surface area contributed by atoms with Crippen LogP contribution in [0.5, 0.6) is 0 Å². The fourth-order valence-corrected chi connectivity index (χ4v) is 4.95. The number of carbonyl (C=O) groups is 1. The summed E-state index contributed by atoms with van der Waals surface area (Å²) in [6.07, 6.45) is 12.1. The quantitative estimate of drug-likeness (QED) is 0.783. The Hall–Kier alpha value is -0.830. The van der Waals surface area contributed by atoms with Gasteiger partial charge in [-0.05, 0) is 62.8 Å². The van der Waals surface area contributed by atoms with Crippen LogP contribution >= 0.6 is 0 Å². The molecule has 1 N–H and O–H groups in total. The third-order valence-electron chi connectivity index (χ3n) is 6.03. The maximum Gasteiger partial charge on any atom is 0.226 e. The van der Waals surface area contributed by atoms with Gasteiger partial charge in [0.25, 0.3) is 0 Å². The molecule has 3 heteroatoms. The first-order valence-electron chi connectivity index (χ1n) is 8.52. The van der Waals surface area contributed by atoms with Crippen LogP contribution in [0.3, 0.4) is 0 Å². The standard InChI is InChI=1S/C17H26N2O/c20-17(15-10-12-5-6-13(15)9-12)19-8-2-3-14(11-19)16-4-1-7-18-16/h5-6,12-16,18H,1-4,7-11H2. The van der Waals surface area contributed by atoms with Crippen LogP contribution in [0, 0.1) is 23.7 Å². The molecule has 0 radical (unpaired) electrons. The van der Waals surface area contributed by atoms with Crippen molar-refractivity contribution in [3.63, 3.8) is 0 Å². The van der Waals surface area contributed by atoms with Gasteiger partial charge in [0.1, 0.15) is 0 Å². The SMILES string of the molecule is O=C(C1CC2C=CC1C2)N1CCCC(C2CCCN2)C1. The van der Waals surface area contributed by atoms with Crippen molar-refractivity contribution in [3.8, 4) is 0 Å². The van der Waals surface area contributed by atoms with Gasteiger partial charge in [-0.3, -0.25) is 4.79 Å². The minimum absolute atomic E-state index is 0.306. The number of rotatable bonds is 2. The van der Waals surface area contributed by atoms with Crippen molar-refractivity contribution in [2.24, 2.45) is 23.7 Å². The molecule has 1 amide bonds. The van der Waals surface area contributed by atoms with E-state index in [0.29, 0.717) is 35.6 Å². The lowest BCUT2D eigenvalue weighted by Crippen LogP contribution is -2.48. The van der Waals surface area contributed by atoms with Crippen molar-refractivity contribution >= 4 is 5.91 Å². The number of nitrogens with zero attached hydrogens (tertiary/aromatic N) is 1. The second-order valence-corrected chi connectivity index (χ2v) is 7.28. The smallest absolute Gasteiger partial charge is 0.226 e. The monoisotopic (exact) mass is 274 g/mol. The van der Waals surface area contributed by atoms with Gasteiger partial charge in [0.05, 0.1) is 0 Å². The summed E-state index contributed by atoms with van der Waals surface area (Å²) >= 11 is 0. The molecular formula is C17H26N2O. The highest BCUT2D eigenvalue weighted by Crippen LogP contribution is 2.44. The number of piperidine rings is 1. The van der Waals surface area contributed by atoms with Crippen LogP contribution in [0.4, 0.5) is 0 Å². The molecule has 20 heavy (non-hydrogen) atoms. The molecule has 5 atom stereocenters. The minimum atomic E-state index is 0.306. The van der Waals surface area contributed by atoms with Crippen LogP contribution < -0.4 is 5.32 Å². The fourth-order valence-electron chi connectivity index (χ4n) is 4.95. The lowest BCUT2D eigenvalue weighted by atomic mass is 9.87. The Morgan fingerprint density at radius 2 is 2.10 bits per heavy atom. The summed E-state index contributed by atoms with van der Waals surface area (Å²) < 4.78 is 0. The van der Waals surface area contributed by atoms with Crippen LogP contribution in [0.1, 0.15) is 38.5 Å². The van der Waals surface area contributed by atoms with Crippen LogP contribution in [-0.4, -0.2) is 36.5 Å². The minimum Gasteiger partial charge on any atom is -0.342 e. The molecule has 2 saturated heterocycles. The Bertz CT molecular complexity index is 413. The summed E-state index contributed by atoms with van der Waals surface area (Å²) in [6, 6.07) is 0.672. The summed E-state index contributed by atoms with van der Waals surface area (Å²) in [5.74, 6) is 2.72. The number of hydrogen-bond donors (Lipinski definition) is 1. The third kappa shape index (κ3) is 2.20. The molecule has 2 aliphatic heterocycles. The first kappa shape index (κ1) is 12.9. The highest BCUT2D eigenvalue weighted by atomic mass is 16.2. The number of likely N-dealkylation sites (tertiary alicyclic amines) is 1. The van der Waals surface area contributed by atoms with Crippen molar-refractivity contribution in [3.05, 3.63) is 12.2 Å². The van der Waals surface area contributed by atoms with Crippen LogP contribution in [0.2, 0.25) is 0 Å². The van der Waals surface area contributed by atoms with Gasteiger partial charge in [0.2, 0.25) is 5.91 Å². The first-order valence-corrected chi connectivity index (χ1v) is 8.52. The summed E-state index contributed by atoms with van der Waals surface area (Å²) in [5.41, 5.74) is 0. The topological polar surface area (TPSA) is 32.3 Å². The first-order chi connectivity index (χ1) is 9.81. The average Bonchev–Trinajstić information content (AvgIpc) is 3.23. The van der Waals surface area contributed by atoms with E-state index < -0.39 is 0 Å². The molecule has 4 aliphatic rings. The van der Waals surface area contributed by atoms with E-state index in [1.807, 2.05) is 0 Å². The molecule has 0 spiro atoms. The molecule has 110 valence electrons. The van der Waals surface area contributed by atoms with Crippen molar-refractivity contribution in [2.45, 2.75) is 44.6 Å². The number of amides is 1. The molecule has 3 fully saturated rings. The highest BCUT2D eigenvalue weighted by molar-refractivity contribution is 5.80. The van der Waals surface area contributed by atoms with Gasteiger partial charge in [0, 0.05) is 25.0 Å². The Morgan fingerprint density at radius 1 is 1.15 bits per heavy atom. The zero-order valence-electron chi connectivity index (χ0n) is 12.3. The van der Waals surface area contributed by atoms with E-state index in [0.717, 1.165) is 19.5 Å². The van der Waals surface area contributed by atoms with E-state index in [2.05, 4.69) is 22.4 Å². The molecule has 2 bridgehead atoms. The predicted molar refractivity (Wildman–Crippen MR) is 79.2 cm³/mol. The van der Waals surface area contributed by atoms with E-state index in [1.165, 1.54) is 38.6 Å². The van der Waals surface area contributed by atoms with Gasteiger partial charge in [-0.2, -0.15) is 0 Å². The second kappa shape index (κ2) is 5.18. The lowest BCUT2D eigenvalue weighted by molar-refractivity contribution is -0.138. The van der Waals surface area contributed by atoms with Gasteiger partial charge in [-0.1, -0.05) is 12.2 Å². The maximum atomic E-state index is 12.8. The molecule has 3 nitrogen and oxygen atoms in total. The highest BCUT2D eigenvalue weighted by Gasteiger charge is 2.42. The zero-order chi connectivity index (χ0) is 13.5. The molecule has 2 heterocycles. The van der Waals surface area contributed by atoms with Gasteiger partial charge in [-0.15, -0.1) is 0 Å². The summed E-state index contributed by atoms with van der Waals surface area (Å²) in [7, 11) is 0. The van der Waals surface area contributed by atoms with E-state index >= 15 is 0 Å². The average molecular weight is 274 g/mol. The van der Waals surface area contributed by atoms with Crippen molar-refractivity contribution < 1.29 is 4.79 Å². The van der Waals surface area contributed by atoms with Gasteiger partial charge < -0.3 is 10.2 Å². The summed E-state index contributed by atoms with van der Waals surface area (Å²) in [6.45, 7) is 3.18. The molecular weight excluding hydrogens is 248 g/mol. The van der Waals surface area contributed by atoms with Gasteiger partial charge in [-0.25, -0.2) is 0 Å². The molecule has 5 unspecified atom stereocenters. The van der Waals surface area contributed by atoms with Crippen molar-refractivity contribution in [1.29, 1.82) is 0 Å². The second-order valence-electron chi connectivity index (χ2n) is 7.28. The van der Waals surface area contributed by atoms with Gasteiger partial charge >= 0.3 is 0 Å². The molecule has 2 aliphatic carbocycles. The zero-order valence-corrected chi connectivity index (χ0v) is 12.3. The molecule has 0 aromatic rings. The van der Waals surface area contributed by atoms with Crippen molar-refractivity contribution in [2.75, 3.05) is 19.6 Å². The third-order valence-corrected chi connectivity index (χ3v) is 6.03. The van der Waals surface area contributed by atoms with Crippen molar-refractivity contribution in [1.82, 2.24) is 10.2 Å². The van der Waals surface area contributed by atoms with Crippen LogP contribution in [0.15, 0.2) is 12.2 Å². The number of fused-ring (bicyclic) bond motifs is 2. The largest absolute Gasteiger partial charge is 0.342 e. The van der Waals surface area contributed by atoms with Crippen LogP contribution in [-0.2, 0) is 4.79 Å². The molecule has 4 rings (SSSR count). The predicted octanol–water partition coefficient (Wildman–Crippen LogP) is 2.19. The van der Waals surface area contributed by atoms with Gasteiger partial charge in [0.15, 0.2) is 0 Å². The molecule has 1 saturated carbocycles. The Labute approximate surface area is 121 Å². The van der Waals surface area contributed by atoms with E-state index in [-0.39, 0.29) is 0 Å². The van der Waals surface area contributed by atoms with Crippen LogP contribution in [0.25, 0.3) is 0 Å². The van der Waals surface area contributed by atoms with E-state index in [4.69, 9.17) is 0 Å². The Balaban J connectivity index is 1.40. The normalized spacial score (nSPS) is 43.4. The number of carbonyl (C=O) groups excluding carboxylic acids is 1. The number of hydrogen-bond acceptors (Lipinski definition) is 2. The molecule has 0 aromatic heterocycles. The Kier molecular flexibility index (Phi) is 3.33. The maximum absolute atomic E-state index is 12.8. The summed E-state index contributed by atoms with van der Waals surface area (Å²) in [5, 5.41) is 3.63. The number of nitrogens with one attached hydrogen (secondary N) is 1. The molecule has 0 aromatic carbocycles. The lowest BCUT2D eigenvalue weighted by Gasteiger charge is -2.37. The summed E-state index contributed by atoms with van der Waals surface area (Å²) in [4.78, 5) is 15.0.